The molecule has 2 rings (SSSR count). The van der Waals surface area contributed by atoms with Crippen LogP contribution < -0.4 is 15.2 Å². The maximum absolute atomic E-state index is 9.60. The lowest BCUT2D eigenvalue weighted by Gasteiger charge is -2.18. The van der Waals surface area contributed by atoms with Gasteiger partial charge in [0.25, 0.3) is 0 Å². The largest absolute Gasteiger partial charge is 0.493 e. The molecular formula is C17H22ClNO3. The quantitative estimate of drug-likeness (QED) is 0.857. The molecule has 0 amide bonds. The molecule has 2 aromatic rings. The number of rotatable bonds is 6. The molecule has 22 heavy (non-hydrogen) atoms. The minimum Gasteiger partial charge on any atom is -0.493 e. The highest BCUT2D eigenvalue weighted by Crippen LogP contribution is 2.31. The van der Waals surface area contributed by atoms with Crippen molar-refractivity contribution in [3.8, 4) is 11.5 Å². The SMILES string of the molecule is COc1ccc([C@@H](N)[C@H](C)O)cc1OCc1ccccc1.Cl. The Bertz CT molecular complexity index is 575. The van der Waals surface area contributed by atoms with E-state index in [1.807, 2.05) is 42.5 Å². The van der Waals surface area contributed by atoms with Crippen LogP contribution in [0.2, 0.25) is 0 Å². The third-order valence-electron chi connectivity index (χ3n) is 3.33. The number of aliphatic hydroxyl groups is 1. The van der Waals surface area contributed by atoms with Gasteiger partial charge in [0.2, 0.25) is 0 Å². The number of aliphatic hydroxyl groups excluding tert-OH is 1. The molecule has 2 atom stereocenters. The van der Waals surface area contributed by atoms with Crippen molar-refractivity contribution in [2.45, 2.75) is 25.7 Å². The van der Waals surface area contributed by atoms with Crippen LogP contribution in [0.3, 0.4) is 0 Å². The fourth-order valence-corrected chi connectivity index (χ4v) is 2.03. The average molecular weight is 324 g/mol. The standard InChI is InChI=1S/C17H21NO3.ClH/c1-12(19)17(18)14-8-9-15(20-2)16(10-14)21-11-13-6-4-3-5-7-13;/h3-10,12,17,19H,11,18H2,1-2H3;1H/t12-,17-;/m0./s1. The molecule has 0 aliphatic carbocycles. The monoisotopic (exact) mass is 323 g/mol. The summed E-state index contributed by atoms with van der Waals surface area (Å²) in [6.07, 6.45) is -0.625. The second-order valence-corrected chi connectivity index (χ2v) is 4.95. The van der Waals surface area contributed by atoms with Gasteiger partial charge in [0.05, 0.1) is 19.3 Å². The summed E-state index contributed by atoms with van der Waals surface area (Å²) >= 11 is 0. The first-order chi connectivity index (χ1) is 10.1. The van der Waals surface area contributed by atoms with E-state index in [-0.39, 0.29) is 12.4 Å². The Morgan fingerprint density at radius 1 is 1.09 bits per heavy atom. The first kappa shape index (κ1) is 18.3. The molecule has 3 N–H and O–H groups in total. The lowest BCUT2D eigenvalue weighted by atomic mass is 10.0. The minimum absolute atomic E-state index is 0. The van der Waals surface area contributed by atoms with E-state index in [0.717, 1.165) is 11.1 Å². The highest BCUT2D eigenvalue weighted by molar-refractivity contribution is 5.85. The highest BCUT2D eigenvalue weighted by Gasteiger charge is 2.15. The predicted octanol–water partition coefficient (Wildman–Crippen LogP) is 3.08. The van der Waals surface area contributed by atoms with Gasteiger partial charge in [-0.2, -0.15) is 0 Å². The maximum Gasteiger partial charge on any atom is 0.161 e. The predicted molar refractivity (Wildman–Crippen MR) is 89.6 cm³/mol. The van der Waals surface area contributed by atoms with Crippen LogP contribution in [0.5, 0.6) is 11.5 Å². The van der Waals surface area contributed by atoms with E-state index < -0.39 is 12.1 Å². The molecule has 0 spiro atoms. The molecule has 0 heterocycles. The molecule has 0 fully saturated rings. The summed E-state index contributed by atoms with van der Waals surface area (Å²) in [6.45, 7) is 2.12. The van der Waals surface area contributed by atoms with E-state index in [4.69, 9.17) is 15.2 Å². The molecule has 0 radical (unpaired) electrons. The maximum atomic E-state index is 9.60. The van der Waals surface area contributed by atoms with Crippen molar-refractivity contribution >= 4 is 12.4 Å². The third kappa shape index (κ3) is 4.63. The normalized spacial score (nSPS) is 12.9. The Balaban J connectivity index is 0.00000242. The Morgan fingerprint density at radius 3 is 2.36 bits per heavy atom. The van der Waals surface area contributed by atoms with E-state index in [2.05, 4.69) is 0 Å². The minimum atomic E-state index is -0.625. The summed E-state index contributed by atoms with van der Waals surface area (Å²) in [4.78, 5) is 0. The Labute approximate surface area is 137 Å². The Morgan fingerprint density at radius 2 is 1.77 bits per heavy atom. The van der Waals surface area contributed by atoms with Crippen LogP contribution in [-0.2, 0) is 6.61 Å². The average Bonchev–Trinajstić information content (AvgIpc) is 2.52. The van der Waals surface area contributed by atoms with Crippen LogP contribution in [0.1, 0.15) is 24.1 Å². The van der Waals surface area contributed by atoms with Gasteiger partial charge in [-0.15, -0.1) is 12.4 Å². The van der Waals surface area contributed by atoms with Crippen LogP contribution in [0.4, 0.5) is 0 Å². The molecule has 0 aliphatic rings. The van der Waals surface area contributed by atoms with Crippen LogP contribution in [0, 0.1) is 0 Å². The molecule has 120 valence electrons. The van der Waals surface area contributed by atoms with Gasteiger partial charge in [0.1, 0.15) is 6.61 Å². The van der Waals surface area contributed by atoms with Gasteiger partial charge in [0, 0.05) is 0 Å². The van der Waals surface area contributed by atoms with Crippen molar-refractivity contribution in [1.82, 2.24) is 0 Å². The number of halogens is 1. The third-order valence-corrected chi connectivity index (χ3v) is 3.33. The Kier molecular flexibility index (Phi) is 7.18. The molecule has 5 heteroatoms. The van der Waals surface area contributed by atoms with Crippen molar-refractivity contribution in [2.24, 2.45) is 5.73 Å². The molecule has 0 bridgehead atoms. The lowest BCUT2D eigenvalue weighted by molar-refractivity contribution is 0.164. The molecule has 0 saturated carbocycles. The summed E-state index contributed by atoms with van der Waals surface area (Å²) < 4.78 is 11.1. The topological polar surface area (TPSA) is 64.7 Å². The summed E-state index contributed by atoms with van der Waals surface area (Å²) in [7, 11) is 1.60. The smallest absolute Gasteiger partial charge is 0.161 e. The zero-order valence-electron chi connectivity index (χ0n) is 12.7. The van der Waals surface area contributed by atoms with Gasteiger partial charge in [0.15, 0.2) is 11.5 Å². The Hall–Kier alpha value is -1.75. The fraction of sp³-hybridized carbons (Fsp3) is 0.294. The molecule has 2 aromatic carbocycles. The highest BCUT2D eigenvalue weighted by atomic mass is 35.5. The van der Waals surface area contributed by atoms with Gasteiger partial charge < -0.3 is 20.3 Å². The van der Waals surface area contributed by atoms with Crippen LogP contribution in [0.15, 0.2) is 48.5 Å². The first-order valence-corrected chi connectivity index (χ1v) is 6.90. The van der Waals surface area contributed by atoms with Gasteiger partial charge in [-0.05, 0) is 30.2 Å². The number of ether oxygens (including phenoxy) is 2. The zero-order valence-corrected chi connectivity index (χ0v) is 13.5. The lowest BCUT2D eigenvalue weighted by Crippen LogP contribution is -2.23. The van der Waals surface area contributed by atoms with Crippen LogP contribution >= 0.6 is 12.4 Å². The van der Waals surface area contributed by atoms with Gasteiger partial charge in [-0.25, -0.2) is 0 Å². The van der Waals surface area contributed by atoms with Crippen molar-refractivity contribution in [1.29, 1.82) is 0 Å². The summed E-state index contributed by atoms with van der Waals surface area (Å²) in [5.74, 6) is 1.27. The van der Waals surface area contributed by atoms with E-state index in [1.54, 1.807) is 20.1 Å². The number of nitrogens with two attached hydrogens (primary N) is 1. The molecule has 0 unspecified atom stereocenters. The van der Waals surface area contributed by atoms with Crippen molar-refractivity contribution < 1.29 is 14.6 Å². The molecule has 0 aromatic heterocycles. The molecular weight excluding hydrogens is 302 g/mol. The van der Waals surface area contributed by atoms with Crippen molar-refractivity contribution in [2.75, 3.05) is 7.11 Å². The van der Waals surface area contributed by atoms with E-state index in [9.17, 15) is 5.11 Å². The number of methoxy groups -OCH3 is 1. The number of hydrogen-bond donors (Lipinski definition) is 2. The molecule has 4 nitrogen and oxygen atoms in total. The van der Waals surface area contributed by atoms with Gasteiger partial charge in [-0.3, -0.25) is 0 Å². The van der Waals surface area contributed by atoms with E-state index >= 15 is 0 Å². The number of benzene rings is 2. The zero-order chi connectivity index (χ0) is 15.2. The fourth-order valence-electron chi connectivity index (χ4n) is 2.03. The van der Waals surface area contributed by atoms with Gasteiger partial charge >= 0.3 is 0 Å². The van der Waals surface area contributed by atoms with Crippen molar-refractivity contribution in [3.05, 3.63) is 59.7 Å². The molecule has 0 saturated heterocycles. The second-order valence-electron chi connectivity index (χ2n) is 4.95. The van der Waals surface area contributed by atoms with E-state index in [1.165, 1.54) is 0 Å². The summed E-state index contributed by atoms with van der Waals surface area (Å²) in [5, 5.41) is 9.60. The second kappa shape index (κ2) is 8.63. The first-order valence-electron chi connectivity index (χ1n) is 6.90. The van der Waals surface area contributed by atoms with Gasteiger partial charge in [-0.1, -0.05) is 36.4 Å². The van der Waals surface area contributed by atoms with E-state index in [0.29, 0.717) is 18.1 Å². The van der Waals surface area contributed by atoms with Crippen LogP contribution in [0.25, 0.3) is 0 Å². The molecule has 0 aliphatic heterocycles. The number of hydrogen-bond acceptors (Lipinski definition) is 4. The summed E-state index contributed by atoms with van der Waals surface area (Å²) in [6, 6.07) is 14.9. The summed E-state index contributed by atoms with van der Waals surface area (Å²) in [5.41, 5.74) is 7.85. The van der Waals surface area contributed by atoms with Crippen LogP contribution in [-0.4, -0.2) is 18.3 Å². The van der Waals surface area contributed by atoms with Crippen molar-refractivity contribution in [3.63, 3.8) is 0 Å².